The zero-order valence-corrected chi connectivity index (χ0v) is 14.8. The van der Waals surface area contributed by atoms with Crippen LogP contribution in [-0.4, -0.2) is 41.6 Å². The Bertz CT molecular complexity index is 647. The van der Waals surface area contributed by atoms with Crippen molar-refractivity contribution in [3.05, 3.63) is 57.8 Å². The Morgan fingerprint density at radius 1 is 1.29 bits per heavy atom. The number of amides is 1. The number of hydrogen-bond donors (Lipinski definition) is 2. The van der Waals surface area contributed by atoms with Crippen LogP contribution in [0.15, 0.2) is 41.1 Å². The van der Waals surface area contributed by atoms with Crippen LogP contribution in [0.25, 0.3) is 0 Å². The molecule has 2 N–H and O–H groups in total. The van der Waals surface area contributed by atoms with Crippen LogP contribution >= 0.6 is 11.3 Å². The van der Waals surface area contributed by atoms with Crippen LogP contribution in [0.2, 0.25) is 0 Å². The van der Waals surface area contributed by atoms with Gasteiger partial charge in [-0.2, -0.15) is 11.3 Å². The lowest BCUT2D eigenvalue weighted by atomic mass is 10.0. The summed E-state index contributed by atoms with van der Waals surface area (Å²) in [6.45, 7) is 4.49. The van der Waals surface area contributed by atoms with E-state index in [0.29, 0.717) is 6.54 Å². The van der Waals surface area contributed by atoms with E-state index in [1.807, 2.05) is 48.0 Å². The lowest BCUT2D eigenvalue weighted by Crippen LogP contribution is -2.45. The molecular weight excluding hydrogens is 320 g/mol. The van der Waals surface area contributed by atoms with Crippen LogP contribution in [0.5, 0.6) is 0 Å². The molecule has 1 aliphatic rings. The lowest BCUT2D eigenvalue weighted by molar-refractivity contribution is 0.0828. The fraction of sp³-hybridized carbons (Fsp3) is 0.421. The van der Waals surface area contributed by atoms with Crippen molar-refractivity contribution < 1.29 is 9.90 Å². The summed E-state index contributed by atoms with van der Waals surface area (Å²) in [4.78, 5) is 14.4. The molecule has 1 aliphatic heterocycles. The molecule has 1 saturated heterocycles. The first kappa shape index (κ1) is 17.1. The number of carbonyl (C=O) groups excluding carboxylic acids is 1. The first-order valence-corrected chi connectivity index (χ1v) is 9.36. The van der Waals surface area contributed by atoms with Gasteiger partial charge in [-0.15, -0.1) is 0 Å². The average Bonchev–Trinajstić information content (AvgIpc) is 3.12. The van der Waals surface area contributed by atoms with E-state index in [1.54, 1.807) is 0 Å². The van der Waals surface area contributed by atoms with E-state index in [9.17, 15) is 9.90 Å². The summed E-state index contributed by atoms with van der Waals surface area (Å²) < 4.78 is 0. The standard InChI is InChI=1S/C19H24N2O2S/c1-14-2-4-15(5-3-14)18(22)12-21-9-6-17(7-10-21)20-19(23)16-8-11-24-13-16/h2-5,8,11,13,17-18,22H,6-7,9-10,12H2,1H3,(H,20,23). The number of carbonyl (C=O) groups is 1. The summed E-state index contributed by atoms with van der Waals surface area (Å²) in [5, 5.41) is 17.3. The van der Waals surface area contributed by atoms with Crippen molar-refractivity contribution in [3.63, 3.8) is 0 Å². The Morgan fingerprint density at radius 2 is 2.00 bits per heavy atom. The van der Waals surface area contributed by atoms with Gasteiger partial charge in [-0.05, 0) is 36.8 Å². The number of nitrogens with zero attached hydrogens (tertiary/aromatic N) is 1. The molecule has 0 spiro atoms. The highest BCUT2D eigenvalue weighted by molar-refractivity contribution is 7.08. The van der Waals surface area contributed by atoms with E-state index < -0.39 is 6.10 Å². The number of thiophene rings is 1. The molecule has 5 heteroatoms. The molecule has 3 rings (SSSR count). The van der Waals surface area contributed by atoms with Crippen molar-refractivity contribution in [2.24, 2.45) is 0 Å². The minimum absolute atomic E-state index is 0.0226. The molecule has 1 unspecified atom stereocenters. The maximum Gasteiger partial charge on any atom is 0.252 e. The van der Waals surface area contributed by atoms with E-state index in [-0.39, 0.29) is 11.9 Å². The number of nitrogens with one attached hydrogen (secondary N) is 1. The van der Waals surface area contributed by atoms with Crippen molar-refractivity contribution in [3.8, 4) is 0 Å². The third kappa shape index (κ3) is 4.44. The molecule has 1 aromatic heterocycles. The Balaban J connectivity index is 1.45. The molecule has 0 aliphatic carbocycles. The quantitative estimate of drug-likeness (QED) is 0.877. The van der Waals surface area contributed by atoms with Crippen molar-refractivity contribution in [1.82, 2.24) is 10.2 Å². The number of hydrogen-bond acceptors (Lipinski definition) is 4. The van der Waals surface area contributed by atoms with E-state index in [1.165, 1.54) is 16.9 Å². The summed E-state index contributed by atoms with van der Waals surface area (Å²) in [7, 11) is 0. The molecule has 4 nitrogen and oxygen atoms in total. The predicted octanol–water partition coefficient (Wildman–Crippen LogP) is 2.98. The maximum absolute atomic E-state index is 12.1. The smallest absolute Gasteiger partial charge is 0.252 e. The molecule has 1 fully saturated rings. The number of β-amino-alcohol motifs (C(OH)–C–C–N with tert-alkyl or cyclic N) is 1. The summed E-state index contributed by atoms with van der Waals surface area (Å²) >= 11 is 1.54. The summed E-state index contributed by atoms with van der Waals surface area (Å²) in [6, 6.07) is 10.1. The zero-order valence-electron chi connectivity index (χ0n) is 13.9. The second-order valence-electron chi connectivity index (χ2n) is 6.49. The van der Waals surface area contributed by atoms with Crippen LogP contribution in [0.3, 0.4) is 0 Å². The first-order valence-electron chi connectivity index (χ1n) is 8.42. The fourth-order valence-electron chi connectivity index (χ4n) is 3.06. The van der Waals surface area contributed by atoms with Gasteiger partial charge in [0.05, 0.1) is 6.10 Å². The SMILES string of the molecule is Cc1ccc(C(O)CN2CCC(NC(=O)c3ccsc3)CC2)cc1. The average molecular weight is 344 g/mol. The minimum Gasteiger partial charge on any atom is -0.387 e. The van der Waals surface area contributed by atoms with Gasteiger partial charge in [0, 0.05) is 36.6 Å². The van der Waals surface area contributed by atoms with Crippen LogP contribution in [0.4, 0.5) is 0 Å². The van der Waals surface area contributed by atoms with Gasteiger partial charge in [-0.25, -0.2) is 0 Å². The van der Waals surface area contributed by atoms with E-state index in [2.05, 4.69) is 10.2 Å². The molecular formula is C19H24N2O2S. The maximum atomic E-state index is 12.1. The molecule has 1 aromatic carbocycles. The Labute approximate surface area is 147 Å². The van der Waals surface area contributed by atoms with Crippen molar-refractivity contribution in [2.75, 3.05) is 19.6 Å². The number of likely N-dealkylation sites (tertiary alicyclic amines) is 1. The third-order valence-corrected chi connectivity index (χ3v) is 5.28. The van der Waals surface area contributed by atoms with Gasteiger partial charge in [0.15, 0.2) is 0 Å². The number of piperidine rings is 1. The second kappa shape index (κ2) is 7.92. The van der Waals surface area contributed by atoms with Crippen LogP contribution in [0.1, 0.15) is 40.4 Å². The number of benzene rings is 1. The van der Waals surface area contributed by atoms with Gasteiger partial charge in [-0.1, -0.05) is 29.8 Å². The largest absolute Gasteiger partial charge is 0.387 e. The molecule has 1 atom stereocenters. The van der Waals surface area contributed by atoms with Crippen LogP contribution < -0.4 is 5.32 Å². The van der Waals surface area contributed by atoms with E-state index in [4.69, 9.17) is 0 Å². The topological polar surface area (TPSA) is 52.6 Å². The number of aryl methyl sites for hydroxylation is 1. The molecule has 2 heterocycles. The van der Waals surface area contributed by atoms with Crippen molar-refractivity contribution >= 4 is 17.2 Å². The minimum atomic E-state index is -0.456. The van der Waals surface area contributed by atoms with Crippen LogP contribution in [-0.2, 0) is 0 Å². The zero-order chi connectivity index (χ0) is 16.9. The third-order valence-electron chi connectivity index (χ3n) is 4.60. The highest BCUT2D eigenvalue weighted by atomic mass is 32.1. The predicted molar refractivity (Wildman–Crippen MR) is 97.4 cm³/mol. The van der Waals surface area contributed by atoms with Gasteiger partial charge >= 0.3 is 0 Å². The van der Waals surface area contributed by atoms with Gasteiger partial charge in [0.25, 0.3) is 5.91 Å². The Kier molecular flexibility index (Phi) is 5.66. The number of aliphatic hydroxyl groups is 1. The molecule has 2 aromatic rings. The van der Waals surface area contributed by atoms with Crippen molar-refractivity contribution in [2.45, 2.75) is 31.9 Å². The Hall–Kier alpha value is -1.69. The van der Waals surface area contributed by atoms with Gasteiger partial charge in [0.1, 0.15) is 0 Å². The molecule has 0 radical (unpaired) electrons. The van der Waals surface area contributed by atoms with Gasteiger partial charge in [0.2, 0.25) is 0 Å². The van der Waals surface area contributed by atoms with Crippen molar-refractivity contribution in [1.29, 1.82) is 0 Å². The summed E-state index contributed by atoms with van der Waals surface area (Å²) in [5.74, 6) is 0.0226. The molecule has 0 saturated carbocycles. The lowest BCUT2D eigenvalue weighted by Gasteiger charge is -2.33. The highest BCUT2D eigenvalue weighted by Crippen LogP contribution is 2.18. The van der Waals surface area contributed by atoms with Gasteiger partial charge in [-0.3, -0.25) is 4.79 Å². The molecule has 1 amide bonds. The molecule has 128 valence electrons. The number of rotatable bonds is 5. The Morgan fingerprint density at radius 3 is 2.62 bits per heavy atom. The monoisotopic (exact) mass is 344 g/mol. The van der Waals surface area contributed by atoms with E-state index in [0.717, 1.165) is 37.1 Å². The fourth-order valence-corrected chi connectivity index (χ4v) is 3.70. The van der Waals surface area contributed by atoms with Gasteiger partial charge < -0.3 is 15.3 Å². The van der Waals surface area contributed by atoms with E-state index >= 15 is 0 Å². The summed E-state index contributed by atoms with van der Waals surface area (Å²) in [6.07, 6.45) is 1.40. The van der Waals surface area contributed by atoms with Crippen LogP contribution in [0, 0.1) is 6.92 Å². The normalized spacial score (nSPS) is 17.6. The summed E-state index contributed by atoms with van der Waals surface area (Å²) in [5.41, 5.74) is 2.92. The first-order chi connectivity index (χ1) is 11.6. The molecule has 24 heavy (non-hydrogen) atoms. The highest BCUT2D eigenvalue weighted by Gasteiger charge is 2.23. The molecule has 0 bridgehead atoms. The number of aliphatic hydroxyl groups excluding tert-OH is 1. The second-order valence-corrected chi connectivity index (χ2v) is 7.27.